The fraction of sp³-hybridized carbons (Fsp3) is 0.545. The molecule has 1 aromatic rings. The first-order chi connectivity index (χ1) is 7.60. The third-order valence-electron chi connectivity index (χ3n) is 2.58. The van der Waals surface area contributed by atoms with E-state index in [-0.39, 0.29) is 5.69 Å². The minimum atomic E-state index is -1.02. The van der Waals surface area contributed by atoms with E-state index >= 15 is 0 Å². The first-order valence-corrected chi connectivity index (χ1v) is 5.43. The van der Waals surface area contributed by atoms with Gasteiger partial charge in [0.1, 0.15) is 0 Å². The molecule has 16 heavy (non-hydrogen) atoms. The topological polar surface area (TPSA) is 66.3 Å². The Bertz CT molecular complexity index is 368. The van der Waals surface area contributed by atoms with E-state index in [2.05, 4.69) is 23.8 Å². The monoisotopic (exact) mass is 223 g/mol. The van der Waals surface area contributed by atoms with Crippen LogP contribution in [0.1, 0.15) is 37.7 Å². The molecule has 1 rings (SSSR count). The number of aromatic carboxylic acids is 1. The van der Waals surface area contributed by atoms with Crippen molar-refractivity contribution in [1.82, 2.24) is 9.97 Å². The first-order valence-electron chi connectivity index (χ1n) is 5.43. The van der Waals surface area contributed by atoms with Crippen molar-refractivity contribution in [1.29, 1.82) is 0 Å². The predicted molar refractivity (Wildman–Crippen MR) is 61.8 cm³/mol. The van der Waals surface area contributed by atoms with Crippen molar-refractivity contribution in [3.8, 4) is 0 Å². The van der Waals surface area contributed by atoms with Crippen LogP contribution in [-0.2, 0) is 0 Å². The van der Waals surface area contributed by atoms with Crippen molar-refractivity contribution < 1.29 is 9.90 Å². The third-order valence-corrected chi connectivity index (χ3v) is 2.58. The van der Waals surface area contributed by atoms with Crippen LogP contribution in [0.15, 0.2) is 12.3 Å². The van der Waals surface area contributed by atoms with Gasteiger partial charge < -0.3 is 10.0 Å². The Morgan fingerprint density at radius 2 is 2.25 bits per heavy atom. The number of anilines is 1. The summed E-state index contributed by atoms with van der Waals surface area (Å²) in [4.78, 5) is 20.9. The SMILES string of the molecule is CCC(C)N(CC)c1nccc(C(=O)O)n1. The maximum atomic E-state index is 10.8. The molecular formula is C11H17N3O2. The van der Waals surface area contributed by atoms with Crippen molar-refractivity contribution in [3.05, 3.63) is 18.0 Å². The second kappa shape index (κ2) is 5.44. The molecule has 0 saturated heterocycles. The Kier molecular flexibility index (Phi) is 4.22. The van der Waals surface area contributed by atoms with E-state index in [0.29, 0.717) is 12.0 Å². The lowest BCUT2D eigenvalue weighted by Gasteiger charge is -2.27. The van der Waals surface area contributed by atoms with Gasteiger partial charge in [0.15, 0.2) is 5.69 Å². The summed E-state index contributed by atoms with van der Waals surface area (Å²) in [5.41, 5.74) is 0.0340. The molecule has 5 nitrogen and oxygen atoms in total. The molecule has 88 valence electrons. The summed E-state index contributed by atoms with van der Waals surface area (Å²) in [6.07, 6.45) is 2.45. The highest BCUT2D eigenvalue weighted by atomic mass is 16.4. The van der Waals surface area contributed by atoms with Crippen LogP contribution in [0.25, 0.3) is 0 Å². The van der Waals surface area contributed by atoms with E-state index in [0.717, 1.165) is 13.0 Å². The van der Waals surface area contributed by atoms with E-state index in [1.165, 1.54) is 12.3 Å². The molecule has 0 bridgehead atoms. The van der Waals surface area contributed by atoms with E-state index in [9.17, 15) is 4.79 Å². The van der Waals surface area contributed by atoms with Crippen molar-refractivity contribution in [3.63, 3.8) is 0 Å². The molecule has 1 aromatic heterocycles. The van der Waals surface area contributed by atoms with Gasteiger partial charge in [-0.1, -0.05) is 6.92 Å². The predicted octanol–water partition coefficient (Wildman–Crippen LogP) is 1.80. The van der Waals surface area contributed by atoms with Crippen LogP contribution < -0.4 is 4.90 Å². The van der Waals surface area contributed by atoms with E-state index in [4.69, 9.17) is 5.11 Å². The average molecular weight is 223 g/mol. The Morgan fingerprint density at radius 3 is 2.75 bits per heavy atom. The van der Waals surface area contributed by atoms with Gasteiger partial charge in [-0.2, -0.15) is 0 Å². The number of nitrogens with zero attached hydrogens (tertiary/aromatic N) is 3. The van der Waals surface area contributed by atoms with Crippen molar-refractivity contribution >= 4 is 11.9 Å². The molecule has 1 atom stereocenters. The van der Waals surface area contributed by atoms with Crippen LogP contribution in [0.4, 0.5) is 5.95 Å². The fourth-order valence-corrected chi connectivity index (χ4v) is 1.48. The van der Waals surface area contributed by atoms with Gasteiger partial charge in [0.05, 0.1) is 0 Å². The highest BCUT2D eigenvalue weighted by molar-refractivity contribution is 5.85. The van der Waals surface area contributed by atoms with Crippen molar-refractivity contribution in [2.45, 2.75) is 33.2 Å². The van der Waals surface area contributed by atoms with Gasteiger partial charge >= 0.3 is 5.97 Å². The van der Waals surface area contributed by atoms with Crippen LogP contribution >= 0.6 is 0 Å². The third kappa shape index (κ3) is 2.68. The normalized spacial score (nSPS) is 12.2. The molecule has 0 aliphatic rings. The molecule has 1 unspecified atom stereocenters. The number of carboxylic acids is 1. The van der Waals surface area contributed by atoms with Gasteiger partial charge in [0.25, 0.3) is 0 Å². The zero-order valence-electron chi connectivity index (χ0n) is 9.84. The molecule has 5 heteroatoms. The molecular weight excluding hydrogens is 206 g/mol. The molecule has 1 heterocycles. The standard InChI is InChI=1S/C11H17N3O2/c1-4-8(3)14(5-2)11-12-7-6-9(13-11)10(15)16/h6-8H,4-5H2,1-3H3,(H,15,16). The summed E-state index contributed by atoms with van der Waals surface area (Å²) in [6, 6.07) is 1.70. The number of carboxylic acid groups (broad SMARTS) is 1. The van der Waals surface area contributed by atoms with Gasteiger partial charge in [-0.15, -0.1) is 0 Å². The molecule has 0 spiro atoms. The van der Waals surface area contributed by atoms with Crippen molar-refractivity contribution in [2.75, 3.05) is 11.4 Å². The highest BCUT2D eigenvalue weighted by Crippen LogP contribution is 2.13. The average Bonchev–Trinajstić information content (AvgIpc) is 2.30. The highest BCUT2D eigenvalue weighted by Gasteiger charge is 2.15. The maximum Gasteiger partial charge on any atom is 0.354 e. The number of aromatic nitrogens is 2. The summed E-state index contributed by atoms with van der Waals surface area (Å²) in [7, 11) is 0. The molecule has 0 saturated carbocycles. The molecule has 1 N–H and O–H groups in total. The Labute approximate surface area is 95.1 Å². The number of hydrogen-bond donors (Lipinski definition) is 1. The number of rotatable bonds is 5. The smallest absolute Gasteiger partial charge is 0.354 e. The van der Waals surface area contributed by atoms with Crippen LogP contribution in [-0.4, -0.2) is 33.6 Å². The van der Waals surface area contributed by atoms with Gasteiger partial charge in [-0.3, -0.25) is 0 Å². The lowest BCUT2D eigenvalue weighted by atomic mass is 10.2. The molecule has 0 aromatic carbocycles. The van der Waals surface area contributed by atoms with Crippen LogP contribution in [0.5, 0.6) is 0 Å². The molecule has 0 aliphatic carbocycles. The van der Waals surface area contributed by atoms with Gasteiger partial charge in [-0.05, 0) is 26.3 Å². The van der Waals surface area contributed by atoms with Crippen LogP contribution in [0, 0.1) is 0 Å². The minimum Gasteiger partial charge on any atom is -0.477 e. The van der Waals surface area contributed by atoms with Crippen LogP contribution in [0.3, 0.4) is 0 Å². The summed E-state index contributed by atoms with van der Waals surface area (Å²) in [5.74, 6) is -0.541. The van der Waals surface area contributed by atoms with Gasteiger partial charge in [0, 0.05) is 18.8 Å². The zero-order chi connectivity index (χ0) is 12.1. The summed E-state index contributed by atoms with van der Waals surface area (Å²) < 4.78 is 0. The van der Waals surface area contributed by atoms with Gasteiger partial charge in [0.2, 0.25) is 5.95 Å². The minimum absolute atomic E-state index is 0.0340. The summed E-state index contributed by atoms with van der Waals surface area (Å²) in [6.45, 7) is 6.91. The fourth-order valence-electron chi connectivity index (χ4n) is 1.48. The summed E-state index contributed by atoms with van der Waals surface area (Å²) in [5, 5.41) is 8.85. The second-order valence-corrected chi connectivity index (χ2v) is 3.59. The quantitative estimate of drug-likeness (QED) is 0.824. The maximum absolute atomic E-state index is 10.8. The molecule has 0 aliphatic heterocycles. The molecule has 0 fully saturated rings. The van der Waals surface area contributed by atoms with Gasteiger partial charge in [-0.25, -0.2) is 14.8 Å². The largest absolute Gasteiger partial charge is 0.477 e. The second-order valence-electron chi connectivity index (χ2n) is 3.59. The van der Waals surface area contributed by atoms with Crippen molar-refractivity contribution in [2.24, 2.45) is 0 Å². The number of hydrogen-bond acceptors (Lipinski definition) is 4. The molecule has 0 radical (unpaired) electrons. The Morgan fingerprint density at radius 1 is 1.56 bits per heavy atom. The van der Waals surface area contributed by atoms with E-state index in [1.54, 1.807) is 0 Å². The van der Waals surface area contributed by atoms with E-state index in [1.807, 2.05) is 11.8 Å². The number of carbonyl (C=O) groups is 1. The molecule has 0 amide bonds. The Hall–Kier alpha value is -1.65. The first kappa shape index (κ1) is 12.4. The van der Waals surface area contributed by atoms with Crippen LogP contribution in [0.2, 0.25) is 0 Å². The Balaban J connectivity index is 3.01. The lowest BCUT2D eigenvalue weighted by Crippen LogP contribution is -2.34. The lowest BCUT2D eigenvalue weighted by molar-refractivity contribution is 0.0690. The zero-order valence-corrected chi connectivity index (χ0v) is 9.84. The van der Waals surface area contributed by atoms with E-state index < -0.39 is 5.97 Å². The summed E-state index contributed by atoms with van der Waals surface area (Å²) >= 11 is 0.